The van der Waals surface area contributed by atoms with Crippen LogP contribution in [0.2, 0.25) is 0 Å². The van der Waals surface area contributed by atoms with Crippen LogP contribution in [-0.2, 0) is 16.1 Å². The monoisotopic (exact) mass is 358 g/mol. The summed E-state index contributed by atoms with van der Waals surface area (Å²) in [4.78, 5) is 23.4. The number of hydrogen-bond acceptors (Lipinski definition) is 6. The second kappa shape index (κ2) is 6.15. The quantitative estimate of drug-likeness (QED) is 0.726. The normalized spacial score (nSPS) is 17.1. The third-order valence-electron chi connectivity index (χ3n) is 3.81. The number of hydrogen-bond donors (Lipinski definition) is 2. The van der Waals surface area contributed by atoms with Gasteiger partial charge in [-0.2, -0.15) is 5.10 Å². The molecule has 1 aromatic rings. The highest BCUT2D eigenvalue weighted by molar-refractivity contribution is 9.10. The highest BCUT2D eigenvalue weighted by atomic mass is 79.9. The van der Waals surface area contributed by atoms with Gasteiger partial charge >= 0.3 is 5.97 Å². The highest BCUT2D eigenvalue weighted by Gasteiger charge is 2.40. The number of nitrogens with two attached hydrogens (primary N) is 1. The van der Waals surface area contributed by atoms with Gasteiger partial charge in [0.25, 0.3) is 5.56 Å². The van der Waals surface area contributed by atoms with Gasteiger partial charge in [0.1, 0.15) is 11.0 Å². The first kappa shape index (κ1) is 16.0. The van der Waals surface area contributed by atoms with Gasteiger partial charge in [-0.25, -0.2) is 4.68 Å². The molecule has 0 spiro atoms. The average Bonchev–Trinajstić information content (AvgIpc) is 3.31. The number of aromatic nitrogens is 2. The molecular formula is C13H19BrN4O3. The van der Waals surface area contributed by atoms with Crippen LogP contribution in [0.4, 0.5) is 5.69 Å². The minimum atomic E-state index is -0.526. The lowest BCUT2D eigenvalue weighted by atomic mass is 9.96. The van der Waals surface area contributed by atoms with Crippen molar-refractivity contribution >= 4 is 27.6 Å². The molecule has 8 heteroatoms. The molecule has 1 fully saturated rings. The van der Waals surface area contributed by atoms with Gasteiger partial charge in [-0.3, -0.25) is 9.59 Å². The van der Waals surface area contributed by atoms with E-state index in [0.29, 0.717) is 22.6 Å². The summed E-state index contributed by atoms with van der Waals surface area (Å²) >= 11 is 3.27. The predicted octanol–water partition coefficient (Wildman–Crippen LogP) is 0.718. The molecule has 1 aliphatic carbocycles. The maximum absolute atomic E-state index is 12.2. The summed E-state index contributed by atoms with van der Waals surface area (Å²) in [5.41, 5.74) is 5.79. The lowest BCUT2D eigenvalue weighted by Crippen LogP contribution is -2.45. The van der Waals surface area contributed by atoms with Gasteiger partial charge in [0.15, 0.2) is 0 Å². The summed E-state index contributed by atoms with van der Waals surface area (Å²) in [5, 5.41) is 7.30. The number of carbonyl (C=O) groups excluding carboxylic acids is 1. The van der Waals surface area contributed by atoms with Gasteiger partial charge in [0, 0.05) is 12.1 Å². The molecule has 3 N–H and O–H groups in total. The van der Waals surface area contributed by atoms with Crippen LogP contribution >= 0.6 is 15.9 Å². The topological polar surface area (TPSA) is 99.2 Å². The molecule has 1 atom stereocenters. The molecule has 7 nitrogen and oxygen atoms in total. The molecule has 116 valence electrons. The summed E-state index contributed by atoms with van der Waals surface area (Å²) in [7, 11) is 1.26. The Morgan fingerprint density at radius 2 is 2.33 bits per heavy atom. The van der Waals surface area contributed by atoms with E-state index in [1.54, 1.807) is 0 Å². The lowest BCUT2D eigenvalue weighted by Gasteiger charge is -2.31. The molecule has 0 saturated heterocycles. The summed E-state index contributed by atoms with van der Waals surface area (Å²) < 4.78 is 5.92. The Kier molecular flexibility index (Phi) is 4.67. The fourth-order valence-corrected chi connectivity index (χ4v) is 2.61. The molecule has 2 rings (SSSR count). The van der Waals surface area contributed by atoms with Crippen LogP contribution in [0.15, 0.2) is 15.5 Å². The molecular weight excluding hydrogens is 340 g/mol. The molecule has 1 aromatic heterocycles. The summed E-state index contributed by atoms with van der Waals surface area (Å²) in [6, 6.07) is 0. The molecule has 0 amide bonds. The van der Waals surface area contributed by atoms with Crippen LogP contribution in [-0.4, -0.2) is 34.9 Å². The lowest BCUT2D eigenvalue weighted by molar-refractivity contribution is -0.141. The third kappa shape index (κ3) is 3.44. The molecule has 0 radical (unpaired) electrons. The smallest absolute Gasteiger partial charge is 0.327 e. The van der Waals surface area contributed by atoms with E-state index in [0.717, 1.165) is 17.5 Å². The van der Waals surface area contributed by atoms with Crippen molar-refractivity contribution in [3.05, 3.63) is 21.0 Å². The first-order chi connectivity index (χ1) is 9.91. The molecule has 1 saturated carbocycles. The van der Waals surface area contributed by atoms with E-state index in [1.165, 1.54) is 13.3 Å². The van der Waals surface area contributed by atoms with Crippen molar-refractivity contribution in [2.75, 3.05) is 19.0 Å². The van der Waals surface area contributed by atoms with Crippen molar-refractivity contribution in [2.45, 2.75) is 31.8 Å². The maximum atomic E-state index is 12.2. The van der Waals surface area contributed by atoms with Crippen LogP contribution in [0.5, 0.6) is 0 Å². The van der Waals surface area contributed by atoms with E-state index < -0.39 is 5.97 Å². The van der Waals surface area contributed by atoms with Crippen molar-refractivity contribution in [2.24, 2.45) is 11.7 Å². The van der Waals surface area contributed by atoms with E-state index in [9.17, 15) is 9.59 Å². The Labute approximate surface area is 131 Å². The Balaban J connectivity index is 2.24. The van der Waals surface area contributed by atoms with Crippen molar-refractivity contribution in [3.8, 4) is 0 Å². The first-order valence-corrected chi connectivity index (χ1v) is 7.51. The van der Waals surface area contributed by atoms with Crippen molar-refractivity contribution in [3.63, 3.8) is 0 Å². The highest BCUT2D eigenvalue weighted by Crippen LogP contribution is 2.41. The number of nitrogens with one attached hydrogen (secondary N) is 1. The molecule has 0 aromatic carbocycles. The molecule has 1 unspecified atom stereocenters. The molecule has 21 heavy (non-hydrogen) atoms. The zero-order valence-corrected chi connectivity index (χ0v) is 13.6. The van der Waals surface area contributed by atoms with Crippen LogP contribution in [0.1, 0.15) is 19.8 Å². The van der Waals surface area contributed by atoms with Gasteiger partial charge in [0.2, 0.25) is 0 Å². The van der Waals surface area contributed by atoms with Gasteiger partial charge in [-0.05, 0) is 41.6 Å². The minimum Gasteiger partial charge on any atom is -0.468 e. The van der Waals surface area contributed by atoms with Crippen LogP contribution in [0.25, 0.3) is 0 Å². The summed E-state index contributed by atoms with van der Waals surface area (Å²) in [5.74, 6) is -0.0195. The van der Waals surface area contributed by atoms with Crippen LogP contribution in [0.3, 0.4) is 0 Å². The van der Waals surface area contributed by atoms with Crippen molar-refractivity contribution < 1.29 is 9.53 Å². The average molecular weight is 359 g/mol. The number of anilines is 1. The Bertz CT molecular complexity index is 600. The number of esters is 1. The Morgan fingerprint density at radius 1 is 1.67 bits per heavy atom. The van der Waals surface area contributed by atoms with E-state index in [1.807, 2.05) is 6.92 Å². The zero-order chi connectivity index (χ0) is 15.6. The molecule has 1 heterocycles. The van der Waals surface area contributed by atoms with Crippen LogP contribution < -0.4 is 16.6 Å². The Morgan fingerprint density at radius 3 is 2.86 bits per heavy atom. The standard InChI is InChI=1S/C13H19BrN4O3/c1-13(7-15,8-3-4-8)17-9-5-16-18(6-10(19)21-2)12(20)11(9)14/h5,8,17H,3-4,6-7,15H2,1-2H3. The SMILES string of the molecule is COC(=O)Cn1ncc(NC(C)(CN)C2CC2)c(Br)c1=O. The van der Waals surface area contributed by atoms with Crippen molar-refractivity contribution in [1.29, 1.82) is 0 Å². The maximum Gasteiger partial charge on any atom is 0.327 e. The number of rotatable bonds is 6. The zero-order valence-electron chi connectivity index (χ0n) is 12.1. The van der Waals surface area contributed by atoms with E-state index >= 15 is 0 Å². The number of methoxy groups -OCH3 is 1. The van der Waals surface area contributed by atoms with Gasteiger partial charge in [0.05, 0.1) is 19.0 Å². The number of nitrogens with zero attached hydrogens (tertiary/aromatic N) is 2. The van der Waals surface area contributed by atoms with Crippen molar-refractivity contribution in [1.82, 2.24) is 9.78 Å². The second-order valence-electron chi connectivity index (χ2n) is 5.43. The largest absolute Gasteiger partial charge is 0.468 e. The third-order valence-corrected chi connectivity index (χ3v) is 4.58. The van der Waals surface area contributed by atoms with E-state index in [2.05, 4.69) is 31.1 Å². The number of carbonyl (C=O) groups is 1. The number of ether oxygens (including phenoxy) is 1. The van der Waals surface area contributed by atoms with E-state index in [4.69, 9.17) is 5.73 Å². The van der Waals surface area contributed by atoms with Crippen LogP contribution in [0, 0.1) is 5.92 Å². The molecule has 1 aliphatic rings. The van der Waals surface area contributed by atoms with E-state index in [-0.39, 0.29) is 17.6 Å². The minimum absolute atomic E-state index is 0.217. The fourth-order valence-electron chi connectivity index (χ4n) is 2.20. The molecule has 0 bridgehead atoms. The van der Waals surface area contributed by atoms with Gasteiger partial charge < -0.3 is 15.8 Å². The summed E-state index contributed by atoms with van der Waals surface area (Å²) in [6.07, 6.45) is 3.78. The summed E-state index contributed by atoms with van der Waals surface area (Å²) in [6.45, 7) is 2.29. The molecule has 0 aliphatic heterocycles. The first-order valence-electron chi connectivity index (χ1n) is 6.72. The van der Waals surface area contributed by atoms with Gasteiger partial charge in [-0.15, -0.1) is 0 Å². The van der Waals surface area contributed by atoms with Gasteiger partial charge in [-0.1, -0.05) is 0 Å². The fraction of sp³-hybridized carbons (Fsp3) is 0.615. The Hall–Kier alpha value is -1.41. The number of halogens is 1. The predicted molar refractivity (Wildman–Crippen MR) is 82.0 cm³/mol. The second-order valence-corrected chi connectivity index (χ2v) is 6.23.